The van der Waals surface area contributed by atoms with Crippen LogP contribution in [0.3, 0.4) is 0 Å². The van der Waals surface area contributed by atoms with Crippen LogP contribution in [0.5, 0.6) is 5.75 Å². The molecule has 0 N–H and O–H groups in total. The largest absolute Gasteiger partial charge is 0.491 e. The van der Waals surface area contributed by atoms with Crippen molar-refractivity contribution in [3.8, 4) is 5.75 Å². The van der Waals surface area contributed by atoms with Gasteiger partial charge in [0.2, 0.25) is 0 Å². The maximum atomic E-state index is 13.7. The Bertz CT molecular complexity index is 638. The van der Waals surface area contributed by atoms with E-state index in [2.05, 4.69) is 17.0 Å². The van der Waals surface area contributed by atoms with Crippen molar-refractivity contribution in [2.45, 2.75) is 32.0 Å². The second-order valence-electron chi connectivity index (χ2n) is 6.35. The average molecular weight is 329 g/mol. The standard InChI is InChI=1S/C20H24FNO2/c1-22(14-17-5-2-3-7-20(17)21)13-16-8-10-18(11-9-16)24-15-19-6-4-12-23-19/h2-3,5,7-11,19H,4,6,12-15H2,1H3. The Kier molecular flexibility index (Phi) is 5.83. The predicted octanol–water partition coefficient (Wildman–Crippen LogP) is 4.02. The van der Waals surface area contributed by atoms with Crippen LogP contribution in [0.1, 0.15) is 24.0 Å². The molecule has 3 rings (SSSR count). The molecular weight excluding hydrogens is 305 g/mol. The first-order valence-electron chi connectivity index (χ1n) is 8.46. The molecule has 0 spiro atoms. The number of nitrogens with zero attached hydrogens (tertiary/aromatic N) is 1. The monoisotopic (exact) mass is 329 g/mol. The molecule has 0 bridgehead atoms. The van der Waals surface area contributed by atoms with Crippen molar-refractivity contribution in [2.75, 3.05) is 20.3 Å². The first-order chi connectivity index (χ1) is 11.7. The van der Waals surface area contributed by atoms with Gasteiger partial charge in [-0.25, -0.2) is 4.39 Å². The van der Waals surface area contributed by atoms with Gasteiger partial charge in [-0.1, -0.05) is 30.3 Å². The Balaban J connectivity index is 1.49. The highest BCUT2D eigenvalue weighted by Gasteiger charge is 2.15. The van der Waals surface area contributed by atoms with E-state index in [1.165, 1.54) is 11.6 Å². The van der Waals surface area contributed by atoms with Gasteiger partial charge in [-0.05, 0) is 43.7 Å². The summed E-state index contributed by atoms with van der Waals surface area (Å²) in [6.45, 7) is 2.82. The first-order valence-corrected chi connectivity index (χ1v) is 8.46. The minimum atomic E-state index is -0.151. The van der Waals surface area contributed by atoms with Gasteiger partial charge in [0.25, 0.3) is 0 Å². The van der Waals surface area contributed by atoms with Crippen LogP contribution in [0.25, 0.3) is 0 Å². The van der Waals surface area contributed by atoms with E-state index in [9.17, 15) is 4.39 Å². The summed E-state index contributed by atoms with van der Waals surface area (Å²) in [4.78, 5) is 2.10. The number of ether oxygens (including phenoxy) is 2. The van der Waals surface area contributed by atoms with Crippen molar-refractivity contribution in [1.82, 2.24) is 4.90 Å². The van der Waals surface area contributed by atoms with E-state index in [1.54, 1.807) is 6.07 Å². The number of hydrogen-bond acceptors (Lipinski definition) is 3. The highest BCUT2D eigenvalue weighted by molar-refractivity contribution is 5.27. The minimum Gasteiger partial charge on any atom is -0.491 e. The summed E-state index contributed by atoms with van der Waals surface area (Å²) in [5.41, 5.74) is 1.90. The van der Waals surface area contributed by atoms with E-state index in [4.69, 9.17) is 9.47 Å². The van der Waals surface area contributed by atoms with Crippen LogP contribution in [0.4, 0.5) is 4.39 Å². The molecule has 1 saturated heterocycles. The molecule has 1 heterocycles. The summed E-state index contributed by atoms with van der Waals surface area (Å²) in [7, 11) is 1.99. The van der Waals surface area contributed by atoms with Crippen LogP contribution in [-0.4, -0.2) is 31.3 Å². The summed E-state index contributed by atoms with van der Waals surface area (Å²) in [6, 6.07) is 15.0. The molecule has 1 atom stereocenters. The van der Waals surface area contributed by atoms with Crippen molar-refractivity contribution in [3.05, 3.63) is 65.5 Å². The van der Waals surface area contributed by atoms with Gasteiger partial charge in [0, 0.05) is 25.3 Å². The van der Waals surface area contributed by atoms with Gasteiger partial charge in [0.1, 0.15) is 18.2 Å². The fourth-order valence-electron chi connectivity index (χ4n) is 2.94. The van der Waals surface area contributed by atoms with E-state index in [1.807, 2.05) is 31.3 Å². The van der Waals surface area contributed by atoms with Crippen LogP contribution in [0.15, 0.2) is 48.5 Å². The molecule has 0 amide bonds. The van der Waals surface area contributed by atoms with Crippen molar-refractivity contribution < 1.29 is 13.9 Å². The molecule has 1 aliphatic heterocycles. The molecule has 4 heteroatoms. The lowest BCUT2D eigenvalue weighted by molar-refractivity contribution is 0.0679. The molecule has 0 radical (unpaired) electrons. The Morgan fingerprint density at radius 1 is 1.12 bits per heavy atom. The molecule has 128 valence electrons. The number of rotatable bonds is 7. The summed E-state index contributed by atoms with van der Waals surface area (Å²) < 4.78 is 25.0. The molecule has 0 aromatic heterocycles. The Morgan fingerprint density at radius 3 is 2.62 bits per heavy atom. The van der Waals surface area contributed by atoms with Gasteiger partial charge < -0.3 is 9.47 Å². The molecule has 0 saturated carbocycles. The van der Waals surface area contributed by atoms with Crippen molar-refractivity contribution in [2.24, 2.45) is 0 Å². The summed E-state index contributed by atoms with van der Waals surface area (Å²) in [6.07, 6.45) is 2.44. The Hall–Kier alpha value is -1.91. The maximum absolute atomic E-state index is 13.7. The van der Waals surface area contributed by atoms with E-state index in [0.29, 0.717) is 13.2 Å². The third-order valence-corrected chi connectivity index (χ3v) is 4.23. The number of halogens is 1. The molecule has 0 aliphatic carbocycles. The van der Waals surface area contributed by atoms with Crippen LogP contribution in [0, 0.1) is 5.82 Å². The van der Waals surface area contributed by atoms with Gasteiger partial charge in [-0.3, -0.25) is 4.90 Å². The zero-order valence-electron chi connectivity index (χ0n) is 14.1. The Morgan fingerprint density at radius 2 is 1.92 bits per heavy atom. The zero-order chi connectivity index (χ0) is 16.8. The van der Waals surface area contributed by atoms with Crippen LogP contribution >= 0.6 is 0 Å². The third-order valence-electron chi connectivity index (χ3n) is 4.23. The van der Waals surface area contributed by atoms with Crippen molar-refractivity contribution in [1.29, 1.82) is 0 Å². The maximum Gasteiger partial charge on any atom is 0.127 e. The lowest BCUT2D eigenvalue weighted by Gasteiger charge is -2.17. The summed E-state index contributed by atoms with van der Waals surface area (Å²) in [5.74, 6) is 0.716. The highest BCUT2D eigenvalue weighted by atomic mass is 19.1. The summed E-state index contributed by atoms with van der Waals surface area (Å²) >= 11 is 0. The van der Waals surface area contributed by atoms with Crippen LogP contribution < -0.4 is 4.74 Å². The van der Waals surface area contributed by atoms with E-state index >= 15 is 0 Å². The van der Waals surface area contributed by atoms with E-state index in [-0.39, 0.29) is 11.9 Å². The van der Waals surface area contributed by atoms with Crippen molar-refractivity contribution >= 4 is 0 Å². The lowest BCUT2D eigenvalue weighted by Crippen LogP contribution is -2.18. The van der Waals surface area contributed by atoms with Gasteiger partial charge >= 0.3 is 0 Å². The second-order valence-corrected chi connectivity index (χ2v) is 6.35. The molecule has 2 aromatic carbocycles. The van der Waals surface area contributed by atoms with E-state index in [0.717, 1.165) is 37.3 Å². The van der Waals surface area contributed by atoms with Crippen LogP contribution in [0.2, 0.25) is 0 Å². The third kappa shape index (κ3) is 4.79. The summed E-state index contributed by atoms with van der Waals surface area (Å²) in [5, 5.41) is 0. The quantitative estimate of drug-likeness (QED) is 0.766. The first kappa shape index (κ1) is 16.9. The van der Waals surface area contributed by atoms with E-state index < -0.39 is 0 Å². The average Bonchev–Trinajstić information content (AvgIpc) is 3.10. The van der Waals surface area contributed by atoms with Gasteiger partial charge in [-0.15, -0.1) is 0 Å². The zero-order valence-corrected chi connectivity index (χ0v) is 14.1. The fraction of sp³-hybridized carbons (Fsp3) is 0.400. The fourth-order valence-corrected chi connectivity index (χ4v) is 2.94. The Labute approximate surface area is 143 Å². The normalized spacial score (nSPS) is 17.4. The number of hydrogen-bond donors (Lipinski definition) is 0. The van der Waals surface area contributed by atoms with Crippen molar-refractivity contribution in [3.63, 3.8) is 0 Å². The second kappa shape index (κ2) is 8.27. The van der Waals surface area contributed by atoms with Crippen LogP contribution in [-0.2, 0) is 17.8 Å². The molecule has 1 aliphatic rings. The van der Waals surface area contributed by atoms with Gasteiger partial charge in [0.05, 0.1) is 6.10 Å². The SMILES string of the molecule is CN(Cc1ccc(OCC2CCCO2)cc1)Cc1ccccc1F. The minimum absolute atomic E-state index is 0.151. The lowest BCUT2D eigenvalue weighted by atomic mass is 10.1. The topological polar surface area (TPSA) is 21.7 Å². The van der Waals surface area contributed by atoms with Gasteiger partial charge in [-0.2, -0.15) is 0 Å². The molecule has 1 fully saturated rings. The highest BCUT2D eigenvalue weighted by Crippen LogP contribution is 2.18. The predicted molar refractivity (Wildman–Crippen MR) is 92.5 cm³/mol. The molecular formula is C20H24FNO2. The van der Waals surface area contributed by atoms with Gasteiger partial charge in [0.15, 0.2) is 0 Å². The smallest absolute Gasteiger partial charge is 0.127 e. The molecule has 1 unspecified atom stereocenters. The number of benzene rings is 2. The molecule has 3 nitrogen and oxygen atoms in total. The molecule has 2 aromatic rings. The molecule has 24 heavy (non-hydrogen) atoms.